The summed E-state index contributed by atoms with van der Waals surface area (Å²) >= 11 is 3.44. The van der Waals surface area contributed by atoms with Crippen molar-refractivity contribution in [1.29, 1.82) is 0 Å². The van der Waals surface area contributed by atoms with E-state index in [0.717, 1.165) is 15.8 Å². The fourth-order valence-corrected chi connectivity index (χ4v) is 2.22. The molecule has 18 heavy (non-hydrogen) atoms. The Morgan fingerprint density at radius 2 is 1.56 bits per heavy atom. The van der Waals surface area contributed by atoms with Gasteiger partial charge in [-0.15, -0.1) is 0 Å². The Labute approximate surface area is 116 Å². The predicted molar refractivity (Wildman–Crippen MR) is 79.3 cm³/mol. The summed E-state index contributed by atoms with van der Waals surface area (Å²) in [5.74, 6) is 1.54. The predicted octanol–water partition coefficient (Wildman–Crippen LogP) is 4.75. The average Bonchev–Trinajstić information content (AvgIpc) is 2.29. The minimum Gasteiger partial charge on any atom is -0.455 e. The molecule has 0 radical (unpaired) electrons. The van der Waals surface area contributed by atoms with E-state index in [1.165, 1.54) is 11.1 Å². The first-order chi connectivity index (χ1) is 8.47. The van der Waals surface area contributed by atoms with Crippen LogP contribution in [-0.4, -0.2) is 0 Å². The molecule has 0 atom stereocenters. The van der Waals surface area contributed by atoms with Gasteiger partial charge in [0.1, 0.15) is 5.75 Å². The van der Waals surface area contributed by atoms with Crippen LogP contribution in [0.4, 0.5) is 5.69 Å². The molecule has 94 valence electrons. The zero-order chi connectivity index (χ0) is 13.3. The lowest BCUT2D eigenvalue weighted by Crippen LogP contribution is -1.95. The maximum atomic E-state index is 5.98. The van der Waals surface area contributed by atoms with E-state index in [4.69, 9.17) is 10.5 Å². The van der Waals surface area contributed by atoms with Crippen molar-refractivity contribution >= 4 is 21.6 Å². The van der Waals surface area contributed by atoms with Gasteiger partial charge in [0, 0.05) is 4.47 Å². The molecule has 0 aliphatic rings. The summed E-state index contributed by atoms with van der Waals surface area (Å²) in [6.07, 6.45) is 0. The quantitative estimate of drug-likeness (QED) is 0.813. The van der Waals surface area contributed by atoms with Gasteiger partial charge in [-0.1, -0.05) is 15.9 Å². The number of nitrogens with two attached hydrogens (primary N) is 1. The molecule has 2 aromatic carbocycles. The smallest absolute Gasteiger partial charge is 0.150 e. The van der Waals surface area contributed by atoms with Gasteiger partial charge in [-0.05, 0) is 67.8 Å². The molecule has 0 unspecified atom stereocenters. The van der Waals surface area contributed by atoms with Gasteiger partial charge in [0.15, 0.2) is 5.75 Å². The number of anilines is 1. The van der Waals surface area contributed by atoms with Crippen LogP contribution in [0.25, 0.3) is 0 Å². The van der Waals surface area contributed by atoms with Crippen LogP contribution in [0, 0.1) is 20.8 Å². The zero-order valence-corrected chi connectivity index (χ0v) is 12.3. The second-order valence-electron chi connectivity index (χ2n) is 4.49. The first kappa shape index (κ1) is 13.0. The van der Waals surface area contributed by atoms with Crippen molar-refractivity contribution in [2.45, 2.75) is 20.8 Å². The molecule has 2 rings (SSSR count). The van der Waals surface area contributed by atoms with Crippen LogP contribution in [0.15, 0.2) is 34.8 Å². The van der Waals surface area contributed by atoms with Gasteiger partial charge < -0.3 is 10.5 Å². The largest absolute Gasteiger partial charge is 0.455 e. The summed E-state index contributed by atoms with van der Waals surface area (Å²) in [6.45, 7) is 6.10. The number of benzene rings is 2. The van der Waals surface area contributed by atoms with Gasteiger partial charge in [-0.2, -0.15) is 0 Å². The number of hydrogen-bond donors (Lipinski definition) is 1. The Hall–Kier alpha value is -1.48. The number of aryl methyl sites for hydroxylation is 3. The molecule has 3 heteroatoms. The molecule has 2 aromatic rings. The van der Waals surface area contributed by atoms with Crippen LogP contribution in [0.5, 0.6) is 11.5 Å². The Kier molecular flexibility index (Phi) is 3.62. The number of halogens is 1. The molecule has 0 aliphatic heterocycles. The lowest BCUT2D eigenvalue weighted by molar-refractivity contribution is 0.480. The SMILES string of the molecule is Cc1cc(N)c(Oc2ccc(Br)cc2C)cc1C. The summed E-state index contributed by atoms with van der Waals surface area (Å²) in [4.78, 5) is 0. The number of ether oxygens (including phenoxy) is 1. The van der Waals surface area contributed by atoms with Crippen molar-refractivity contribution in [2.75, 3.05) is 5.73 Å². The van der Waals surface area contributed by atoms with Crippen LogP contribution in [-0.2, 0) is 0 Å². The Morgan fingerprint density at radius 3 is 2.22 bits per heavy atom. The maximum Gasteiger partial charge on any atom is 0.150 e. The second kappa shape index (κ2) is 5.02. The molecular weight excluding hydrogens is 290 g/mol. The molecule has 0 bridgehead atoms. The topological polar surface area (TPSA) is 35.2 Å². The first-order valence-corrected chi connectivity index (χ1v) is 6.57. The fraction of sp³-hybridized carbons (Fsp3) is 0.200. The van der Waals surface area contributed by atoms with E-state index >= 15 is 0 Å². The summed E-state index contributed by atoms with van der Waals surface area (Å²) in [5, 5.41) is 0. The van der Waals surface area contributed by atoms with E-state index in [1.54, 1.807) is 0 Å². The van der Waals surface area contributed by atoms with E-state index in [0.29, 0.717) is 11.4 Å². The summed E-state index contributed by atoms with van der Waals surface area (Å²) in [6, 6.07) is 9.84. The van der Waals surface area contributed by atoms with Crippen molar-refractivity contribution in [2.24, 2.45) is 0 Å². The summed E-state index contributed by atoms with van der Waals surface area (Å²) in [7, 11) is 0. The zero-order valence-electron chi connectivity index (χ0n) is 10.8. The monoisotopic (exact) mass is 305 g/mol. The minimum atomic E-state index is 0.667. The Balaban J connectivity index is 2.37. The molecule has 0 saturated carbocycles. The molecule has 2 N–H and O–H groups in total. The third-order valence-corrected chi connectivity index (χ3v) is 3.48. The van der Waals surface area contributed by atoms with Crippen LogP contribution in [0.3, 0.4) is 0 Å². The average molecular weight is 306 g/mol. The second-order valence-corrected chi connectivity index (χ2v) is 5.40. The third kappa shape index (κ3) is 2.67. The van der Waals surface area contributed by atoms with Crippen LogP contribution in [0.2, 0.25) is 0 Å². The van der Waals surface area contributed by atoms with Crippen molar-refractivity contribution < 1.29 is 4.74 Å². The van der Waals surface area contributed by atoms with Crippen LogP contribution >= 0.6 is 15.9 Å². The standard InChI is InChI=1S/C15H16BrNO/c1-9-7-13(17)15(8-10(9)2)18-14-5-4-12(16)6-11(14)3/h4-8H,17H2,1-3H3. The third-order valence-electron chi connectivity index (χ3n) is 2.98. The Morgan fingerprint density at radius 1 is 0.889 bits per heavy atom. The number of nitrogen functional groups attached to an aromatic ring is 1. The fourth-order valence-electron chi connectivity index (χ4n) is 1.75. The maximum absolute atomic E-state index is 5.98. The molecule has 0 spiro atoms. The van der Waals surface area contributed by atoms with Crippen molar-refractivity contribution in [3.8, 4) is 11.5 Å². The highest BCUT2D eigenvalue weighted by Crippen LogP contribution is 2.32. The lowest BCUT2D eigenvalue weighted by Gasteiger charge is -2.13. The molecule has 0 aromatic heterocycles. The molecule has 0 fully saturated rings. The van der Waals surface area contributed by atoms with Gasteiger partial charge in [0.2, 0.25) is 0 Å². The molecule has 0 amide bonds. The van der Waals surface area contributed by atoms with E-state index in [2.05, 4.69) is 22.9 Å². The highest BCUT2D eigenvalue weighted by Gasteiger charge is 2.07. The van der Waals surface area contributed by atoms with Crippen LogP contribution in [0.1, 0.15) is 16.7 Å². The van der Waals surface area contributed by atoms with E-state index < -0.39 is 0 Å². The highest BCUT2D eigenvalue weighted by atomic mass is 79.9. The highest BCUT2D eigenvalue weighted by molar-refractivity contribution is 9.10. The van der Waals surface area contributed by atoms with E-state index in [1.807, 2.05) is 44.2 Å². The van der Waals surface area contributed by atoms with Crippen LogP contribution < -0.4 is 10.5 Å². The van der Waals surface area contributed by atoms with E-state index in [-0.39, 0.29) is 0 Å². The summed E-state index contributed by atoms with van der Waals surface area (Å²) < 4.78 is 6.93. The van der Waals surface area contributed by atoms with Crippen molar-refractivity contribution in [3.63, 3.8) is 0 Å². The number of rotatable bonds is 2. The molecular formula is C15H16BrNO. The van der Waals surface area contributed by atoms with Gasteiger partial charge in [-0.3, -0.25) is 0 Å². The Bertz CT molecular complexity index is 593. The van der Waals surface area contributed by atoms with Gasteiger partial charge in [-0.25, -0.2) is 0 Å². The minimum absolute atomic E-state index is 0.667. The van der Waals surface area contributed by atoms with Gasteiger partial charge in [0.05, 0.1) is 5.69 Å². The normalized spacial score (nSPS) is 10.4. The molecule has 0 heterocycles. The molecule has 0 aliphatic carbocycles. The van der Waals surface area contributed by atoms with Crippen molar-refractivity contribution in [1.82, 2.24) is 0 Å². The van der Waals surface area contributed by atoms with Crippen molar-refractivity contribution in [3.05, 3.63) is 51.5 Å². The first-order valence-electron chi connectivity index (χ1n) is 5.78. The molecule has 0 saturated heterocycles. The molecule has 2 nitrogen and oxygen atoms in total. The number of hydrogen-bond acceptors (Lipinski definition) is 2. The lowest BCUT2D eigenvalue weighted by atomic mass is 10.1. The van der Waals surface area contributed by atoms with E-state index in [9.17, 15) is 0 Å². The van der Waals surface area contributed by atoms with Gasteiger partial charge >= 0.3 is 0 Å². The van der Waals surface area contributed by atoms with Gasteiger partial charge in [0.25, 0.3) is 0 Å². The summed E-state index contributed by atoms with van der Waals surface area (Å²) in [5.41, 5.74) is 10.1.